The number of hydrogen-bond donors (Lipinski definition) is 0. The van der Waals surface area contributed by atoms with Gasteiger partial charge in [0.1, 0.15) is 0 Å². The Morgan fingerprint density at radius 3 is 2.00 bits per heavy atom. The molecule has 0 aromatic heterocycles. The summed E-state index contributed by atoms with van der Waals surface area (Å²) >= 11 is 2.26. The van der Waals surface area contributed by atoms with E-state index in [0.29, 0.717) is 6.54 Å². The van der Waals surface area contributed by atoms with Gasteiger partial charge in [0.05, 0.1) is 6.54 Å². The van der Waals surface area contributed by atoms with Crippen LogP contribution in [-0.4, -0.2) is 54.9 Å². The lowest BCUT2D eigenvalue weighted by Gasteiger charge is -2.22. The van der Waals surface area contributed by atoms with Gasteiger partial charge >= 0.3 is 0 Å². The smallest absolute Gasteiger partial charge is 0.176 e. The third kappa shape index (κ3) is 6.89. The summed E-state index contributed by atoms with van der Waals surface area (Å²) in [6.07, 6.45) is 1.12. The summed E-state index contributed by atoms with van der Waals surface area (Å²) in [5.74, 6) is 0.219. The van der Waals surface area contributed by atoms with Crippen LogP contribution in [0.2, 0.25) is 0 Å². The van der Waals surface area contributed by atoms with Crippen molar-refractivity contribution in [1.29, 1.82) is 0 Å². The Kier molecular flexibility index (Phi) is 9.11. The molecule has 3 nitrogen and oxygen atoms in total. The molecule has 0 aliphatic carbocycles. The molecule has 1 aromatic carbocycles. The van der Waals surface area contributed by atoms with E-state index in [1.165, 1.54) is 0 Å². The van der Waals surface area contributed by atoms with Gasteiger partial charge in [0, 0.05) is 9.13 Å². The molecule has 0 heterocycles. The number of halogens is 1. The first-order chi connectivity index (χ1) is 10.1. The molecule has 0 saturated carbocycles. The summed E-state index contributed by atoms with van der Waals surface area (Å²) < 4.78 is 1.16. The van der Waals surface area contributed by atoms with E-state index in [1.54, 1.807) is 0 Å². The van der Waals surface area contributed by atoms with Gasteiger partial charge in [0.15, 0.2) is 5.78 Å². The van der Waals surface area contributed by atoms with Crippen molar-refractivity contribution in [3.63, 3.8) is 0 Å². The molecule has 0 N–H and O–H groups in total. The van der Waals surface area contributed by atoms with Gasteiger partial charge in [-0.25, -0.2) is 0 Å². The Morgan fingerprint density at radius 2 is 1.48 bits per heavy atom. The molecule has 0 fully saturated rings. The highest BCUT2D eigenvalue weighted by molar-refractivity contribution is 14.1. The van der Waals surface area contributed by atoms with Gasteiger partial charge in [0.2, 0.25) is 0 Å². The molecule has 0 aliphatic rings. The van der Waals surface area contributed by atoms with Crippen LogP contribution in [0.25, 0.3) is 0 Å². The van der Waals surface area contributed by atoms with E-state index in [4.69, 9.17) is 0 Å². The highest BCUT2D eigenvalue weighted by Crippen LogP contribution is 2.08. The fourth-order valence-electron chi connectivity index (χ4n) is 2.34. The van der Waals surface area contributed by atoms with E-state index < -0.39 is 0 Å². The van der Waals surface area contributed by atoms with Crippen LogP contribution in [0.3, 0.4) is 0 Å². The Balaban J connectivity index is 2.42. The molecule has 0 spiro atoms. The van der Waals surface area contributed by atoms with Crippen molar-refractivity contribution >= 4 is 28.4 Å². The summed E-state index contributed by atoms with van der Waals surface area (Å²) in [6, 6.07) is 7.83. The second kappa shape index (κ2) is 10.3. The first-order valence-corrected chi connectivity index (χ1v) is 8.92. The largest absolute Gasteiger partial charge is 0.304 e. The molecule has 0 unspecified atom stereocenters. The molecule has 4 heteroatoms. The van der Waals surface area contributed by atoms with Gasteiger partial charge < -0.3 is 4.90 Å². The first-order valence-electron chi connectivity index (χ1n) is 7.84. The molecule has 0 amide bonds. The number of Topliss-reactive ketones (excluding diaryl/α,β-unsaturated/α-hetero) is 1. The highest BCUT2D eigenvalue weighted by atomic mass is 127. The van der Waals surface area contributed by atoms with E-state index in [-0.39, 0.29) is 5.78 Å². The minimum Gasteiger partial charge on any atom is -0.304 e. The van der Waals surface area contributed by atoms with Crippen LogP contribution in [0.15, 0.2) is 24.3 Å². The number of ketones is 1. The van der Waals surface area contributed by atoms with Crippen molar-refractivity contribution < 1.29 is 4.79 Å². The minimum absolute atomic E-state index is 0.219. The first kappa shape index (κ1) is 18.6. The Hall–Kier alpha value is -0.460. The average Bonchev–Trinajstić information content (AvgIpc) is 2.50. The number of carbonyl (C=O) groups excluding carboxylic acids is 1. The maximum Gasteiger partial charge on any atom is 0.176 e. The number of benzene rings is 1. The SMILES string of the molecule is CCN(CC)CCCN(CC)CC(=O)c1ccc(I)cc1. The Bertz CT molecular complexity index is 415. The number of nitrogens with zero attached hydrogens (tertiary/aromatic N) is 2. The Labute approximate surface area is 142 Å². The van der Waals surface area contributed by atoms with Crippen LogP contribution in [0.5, 0.6) is 0 Å². The van der Waals surface area contributed by atoms with Crippen molar-refractivity contribution in [1.82, 2.24) is 9.80 Å². The summed E-state index contributed by atoms with van der Waals surface area (Å²) in [6.45, 7) is 12.3. The van der Waals surface area contributed by atoms with Gasteiger partial charge in [-0.15, -0.1) is 0 Å². The molecule has 21 heavy (non-hydrogen) atoms. The number of carbonyl (C=O) groups is 1. The zero-order valence-electron chi connectivity index (χ0n) is 13.4. The zero-order chi connectivity index (χ0) is 15.7. The van der Waals surface area contributed by atoms with E-state index in [0.717, 1.165) is 48.3 Å². The van der Waals surface area contributed by atoms with Crippen LogP contribution < -0.4 is 0 Å². The van der Waals surface area contributed by atoms with Crippen LogP contribution in [0.4, 0.5) is 0 Å². The van der Waals surface area contributed by atoms with E-state index in [2.05, 4.69) is 53.2 Å². The van der Waals surface area contributed by atoms with Crippen molar-refractivity contribution in [2.45, 2.75) is 27.2 Å². The van der Waals surface area contributed by atoms with E-state index in [9.17, 15) is 4.79 Å². The van der Waals surface area contributed by atoms with Crippen molar-refractivity contribution in [3.8, 4) is 0 Å². The summed E-state index contributed by atoms with van der Waals surface area (Å²) in [7, 11) is 0. The van der Waals surface area contributed by atoms with Gasteiger partial charge in [-0.2, -0.15) is 0 Å². The Morgan fingerprint density at radius 1 is 0.952 bits per heavy atom. The second-order valence-electron chi connectivity index (χ2n) is 5.18. The van der Waals surface area contributed by atoms with Crippen molar-refractivity contribution in [2.75, 3.05) is 39.3 Å². The fraction of sp³-hybridized carbons (Fsp3) is 0.588. The monoisotopic (exact) mass is 402 g/mol. The number of likely N-dealkylation sites (N-methyl/N-ethyl adjacent to an activating group) is 1. The van der Waals surface area contributed by atoms with Crippen LogP contribution in [-0.2, 0) is 0 Å². The molecular formula is C17H27IN2O. The number of hydrogen-bond acceptors (Lipinski definition) is 3. The lowest BCUT2D eigenvalue weighted by atomic mass is 10.1. The standard InChI is InChI=1S/C17H27IN2O/c1-4-19(5-2)12-7-13-20(6-3)14-17(21)15-8-10-16(18)11-9-15/h8-11H,4-7,12-14H2,1-3H3. The van der Waals surface area contributed by atoms with Crippen LogP contribution >= 0.6 is 22.6 Å². The van der Waals surface area contributed by atoms with Crippen molar-refractivity contribution in [2.24, 2.45) is 0 Å². The van der Waals surface area contributed by atoms with Crippen LogP contribution in [0.1, 0.15) is 37.6 Å². The minimum atomic E-state index is 0.219. The molecule has 0 radical (unpaired) electrons. The summed E-state index contributed by atoms with van der Waals surface area (Å²) in [5.41, 5.74) is 0.817. The van der Waals surface area contributed by atoms with Gasteiger partial charge in [0.25, 0.3) is 0 Å². The fourth-order valence-corrected chi connectivity index (χ4v) is 2.70. The lowest BCUT2D eigenvalue weighted by Crippen LogP contribution is -2.33. The summed E-state index contributed by atoms with van der Waals surface area (Å²) in [5, 5.41) is 0. The molecule has 0 aliphatic heterocycles. The van der Waals surface area contributed by atoms with E-state index in [1.807, 2.05) is 24.3 Å². The summed E-state index contributed by atoms with van der Waals surface area (Å²) in [4.78, 5) is 16.9. The molecule has 1 aromatic rings. The molecular weight excluding hydrogens is 375 g/mol. The number of rotatable bonds is 10. The maximum absolute atomic E-state index is 12.3. The lowest BCUT2D eigenvalue weighted by molar-refractivity contribution is 0.0930. The molecule has 1 rings (SSSR count). The third-order valence-electron chi connectivity index (χ3n) is 3.82. The molecule has 118 valence electrons. The maximum atomic E-state index is 12.3. The third-order valence-corrected chi connectivity index (χ3v) is 4.54. The predicted molar refractivity (Wildman–Crippen MR) is 98.0 cm³/mol. The van der Waals surface area contributed by atoms with Gasteiger partial charge in [-0.05, 0) is 73.9 Å². The van der Waals surface area contributed by atoms with Crippen LogP contribution in [0, 0.1) is 3.57 Å². The van der Waals surface area contributed by atoms with E-state index >= 15 is 0 Å². The highest BCUT2D eigenvalue weighted by Gasteiger charge is 2.11. The van der Waals surface area contributed by atoms with Crippen molar-refractivity contribution in [3.05, 3.63) is 33.4 Å². The molecule has 0 saturated heterocycles. The zero-order valence-corrected chi connectivity index (χ0v) is 15.6. The topological polar surface area (TPSA) is 23.6 Å². The average molecular weight is 402 g/mol. The normalized spacial score (nSPS) is 11.3. The van der Waals surface area contributed by atoms with Gasteiger partial charge in [-0.3, -0.25) is 9.69 Å². The molecule has 0 atom stereocenters. The predicted octanol–water partition coefficient (Wildman–Crippen LogP) is 3.53. The molecule has 0 bridgehead atoms. The quantitative estimate of drug-likeness (QED) is 0.442. The second-order valence-corrected chi connectivity index (χ2v) is 6.42. The van der Waals surface area contributed by atoms with Gasteiger partial charge in [-0.1, -0.05) is 32.9 Å².